The van der Waals surface area contributed by atoms with Gasteiger partial charge in [-0.2, -0.15) is 13.2 Å². The third-order valence-electron chi connectivity index (χ3n) is 3.14. The number of halogens is 3. The normalized spacial score (nSPS) is 12.1. The number of hydrogen-bond acceptors (Lipinski definition) is 5. The van der Waals surface area contributed by atoms with Crippen LogP contribution in [0.1, 0.15) is 43.3 Å². The highest BCUT2D eigenvalue weighted by Gasteiger charge is 2.33. The van der Waals surface area contributed by atoms with E-state index in [1.807, 2.05) is 6.92 Å². The maximum atomic E-state index is 12.5. The van der Waals surface area contributed by atoms with Gasteiger partial charge >= 0.3 is 12.1 Å². The number of rotatable bonds is 9. The Kier molecular flexibility index (Phi) is 9.25. The Morgan fingerprint density at radius 2 is 2.08 bits per heavy atom. The number of aromatic nitrogens is 1. The minimum absolute atomic E-state index is 0.0818. The van der Waals surface area contributed by atoms with Crippen LogP contribution in [0.3, 0.4) is 0 Å². The zero-order valence-electron chi connectivity index (χ0n) is 14.3. The molecule has 1 aromatic heterocycles. The van der Waals surface area contributed by atoms with Crippen LogP contribution in [0.5, 0.6) is 0 Å². The number of esters is 1. The molecule has 0 saturated carbocycles. The molecule has 10 heteroatoms. The fourth-order valence-electron chi connectivity index (χ4n) is 1.88. The Morgan fingerprint density at radius 1 is 1.32 bits per heavy atom. The summed E-state index contributed by atoms with van der Waals surface area (Å²) in [5, 5.41) is 7.44. The van der Waals surface area contributed by atoms with Crippen LogP contribution in [0, 0.1) is 0 Å². The SMILES string of the molecule is CCNC(=NCc1nc(C(F)(F)F)cs1)NCCCCCC(=O)OC. The molecule has 0 unspecified atom stereocenters. The number of unbranched alkanes of at least 4 members (excludes halogenated alkanes) is 2. The zero-order valence-corrected chi connectivity index (χ0v) is 15.1. The predicted octanol–water partition coefficient (Wildman–Crippen LogP) is 2.95. The van der Waals surface area contributed by atoms with Crippen molar-refractivity contribution in [2.24, 2.45) is 4.99 Å². The molecule has 0 aliphatic rings. The quantitative estimate of drug-likeness (QED) is 0.298. The lowest BCUT2D eigenvalue weighted by atomic mass is 10.2. The largest absolute Gasteiger partial charge is 0.469 e. The van der Waals surface area contributed by atoms with E-state index in [9.17, 15) is 18.0 Å². The van der Waals surface area contributed by atoms with E-state index in [1.165, 1.54) is 7.11 Å². The van der Waals surface area contributed by atoms with Crippen molar-refractivity contribution < 1.29 is 22.7 Å². The highest BCUT2D eigenvalue weighted by Crippen LogP contribution is 2.30. The number of ether oxygens (including phenoxy) is 1. The van der Waals surface area contributed by atoms with Gasteiger partial charge in [-0.3, -0.25) is 4.79 Å². The molecule has 0 bridgehead atoms. The van der Waals surface area contributed by atoms with Gasteiger partial charge in [0.15, 0.2) is 11.7 Å². The number of carbonyl (C=O) groups is 1. The highest BCUT2D eigenvalue weighted by atomic mass is 32.1. The minimum atomic E-state index is -4.43. The lowest BCUT2D eigenvalue weighted by Gasteiger charge is -2.10. The molecular weight excluding hydrogens is 357 g/mol. The van der Waals surface area contributed by atoms with Crippen LogP contribution in [0.4, 0.5) is 13.2 Å². The number of carbonyl (C=O) groups excluding carboxylic acids is 1. The fourth-order valence-corrected chi connectivity index (χ4v) is 2.61. The second-order valence-electron chi connectivity index (χ2n) is 5.13. The average Bonchev–Trinajstić information content (AvgIpc) is 3.04. The van der Waals surface area contributed by atoms with Crippen molar-refractivity contribution in [2.45, 2.75) is 45.3 Å². The number of aliphatic imine (C=N–C) groups is 1. The van der Waals surface area contributed by atoms with E-state index in [2.05, 4.69) is 25.3 Å². The molecule has 0 atom stereocenters. The molecule has 6 nitrogen and oxygen atoms in total. The second-order valence-corrected chi connectivity index (χ2v) is 6.08. The van der Waals surface area contributed by atoms with Crippen LogP contribution in [-0.2, 0) is 22.3 Å². The Labute approximate surface area is 148 Å². The van der Waals surface area contributed by atoms with Gasteiger partial charge in [0.25, 0.3) is 0 Å². The van der Waals surface area contributed by atoms with E-state index in [1.54, 1.807) is 0 Å². The van der Waals surface area contributed by atoms with Crippen molar-refractivity contribution in [3.63, 3.8) is 0 Å². The Morgan fingerprint density at radius 3 is 2.68 bits per heavy atom. The molecule has 0 aliphatic heterocycles. The first kappa shape index (κ1) is 21.2. The number of nitrogens with one attached hydrogen (secondary N) is 2. The topological polar surface area (TPSA) is 75.6 Å². The number of nitrogens with zero attached hydrogens (tertiary/aromatic N) is 2. The van der Waals surface area contributed by atoms with Crippen molar-refractivity contribution in [3.05, 3.63) is 16.1 Å². The van der Waals surface area contributed by atoms with Crippen LogP contribution in [0.25, 0.3) is 0 Å². The number of hydrogen-bond donors (Lipinski definition) is 2. The lowest BCUT2D eigenvalue weighted by molar-refractivity contribution is -0.141. The first-order valence-corrected chi connectivity index (χ1v) is 8.85. The van der Waals surface area contributed by atoms with E-state index in [0.717, 1.165) is 36.0 Å². The Hall–Kier alpha value is -1.84. The van der Waals surface area contributed by atoms with Crippen molar-refractivity contribution >= 4 is 23.3 Å². The summed E-state index contributed by atoms with van der Waals surface area (Å²) in [6.45, 7) is 3.27. The molecular formula is C15H23F3N4O2S. The van der Waals surface area contributed by atoms with Crippen LogP contribution in [0.2, 0.25) is 0 Å². The van der Waals surface area contributed by atoms with Crippen molar-refractivity contribution in [1.29, 1.82) is 0 Å². The summed E-state index contributed by atoms with van der Waals surface area (Å²) >= 11 is 0.939. The van der Waals surface area contributed by atoms with Gasteiger partial charge in [-0.05, 0) is 19.8 Å². The summed E-state index contributed by atoms with van der Waals surface area (Å²) in [6, 6.07) is 0. The third kappa shape index (κ3) is 8.71. The van der Waals surface area contributed by atoms with Gasteiger partial charge < -0.3 is 15.4 Å². The van der Waals surface area contributed by atoms with Gasteiger partial charge in [0.2, 0.25) is 0 Å². The smallest absolute Gasteiger partial charge is 0.434 e. The maximum absolute atomic E-state index is 12.5. The first-order chi connectivity index (χ1) is 11.9. The highest BCUT2D eigenvalue weighted by molar-refractivity contribution is 7.09. The van der Waals surface area contributed by atoms with Crippen molar-refractivity contribution in [1.82, 2.24) is 15.6 Å². The number of thiazole rings is 1. The Balaban J connectivity index is 2.38. The monoisotopic (exact) mass is 380 g/mol. The predicted molar refractivity (Wildman–Crippen MR) is 90.4 cm³/mol. The van der Waals surface area contributed by atoms with Gasteiger partial charge in [0.1, 0.15) is 5.01 Å². The molecule has 0 saturated heterocycles. The summed E-state index contributed by atoms with van der Waals surface area (Å²) in [5.41, 5.74) is -0.883. The molecule has 1 aromatic rings. The zero-order chi connectivity index (χ0) is 18.7. The Bertz CT molecular complexity index is 561. The van der Waals surface area contributed by atoms with E-state index < -0.39 is 11.9 Å². The summed E-state index contributed by atoms with van der Waals surface area (Å²) in [5.74, 6) is 0.309. The minimum Gasteiger partial charge on any atom is -0.469 e. The van der Waals surface area contributed by atoms with E-state index >= 15 is 0 Å². The number of guanidine groups is 1. The van der Waals surface area contributed by atoms with Crippen molar-refractivity contribution in [3.8, 4) is 0 Å². The van der Waals surface area contributed by atoms with Gasteiger partial charge in [0, 0.05) is 24.9 Å². The second kappa shape index (κ2) is 10.9. The number of alkyl halides is 3. The van der Waals surface area contributed by atoms with Crippen LogP contribution in [0.15, 0.2) is 10.4 Å². The molecule has 0 aromatic carbocycles. The molecule has 2 N–H and O–H groups in total. The first-order valence-electron chi connectivity index (χ1n) is 7.97. The fraction of sp³-hybridized carbons (Fsp3) is 0.667. The summed E-state index contributed by atoms with van der Waals surface area (Å²) in [7, 11) is 1.36. The average molecular weight is 380 g/mol. The van der Waals surface area contributed by atoms with Gasteiger partial charge in [-0.25, -0.2) is 9.98 Å². The lowest BCUT2D eigenvalue weighted by Crippen LogP contribution is -2.37. The van der Waals surface area contributed by atoms with E-state index in [0.29, 0.717) is 30.5 Å². The molecule has 0 fully saturated rings. The van der Waals surface area contributed by atoms with E-state index in [-0.39, 0.29) is 12.5 Å². The van der Waals surface area contributed by atoms with Gasteiger partial charge in [-0.15, -0.1) is 11.3 Å². The van der Waals surface area contributed by atoms with Gasteiger partial charge in [-0.1, -0.05) is 6.42 Å². The molecule has 0 spiro atoms. The summed E-state index contributed by atoms with van der Waals surface area (Å²) < 4.78 is 42.1. The molecule has 0 amide bonds. The summed E-state index contributed by atoms with van der Waals surface area (Å²) in [6.07, 6.45) is -1.57. The standard InChI is InChI=1S/C15H23F3N4O2S/c1-3-19-14(20-8-6-4-5-7-13(23)24-2)21-9-12-22-11(10-25-12)15(16,17)18/h10H,3-9H2,1-2H3,(H2,19,20,21). The molecule has 0 radical (unpaired) electrons. The molecule has 1 heterocycles. The number of methoxy groups -OCH3 is 1. The molecule has 25 heavy (non-hydrogen) atoms. The molecule has 0 aliphatic carbocycles. The molecule has 1 rings (SSSR count). The van der Waals surface area contributed by atoms with Crippen LogP contribution in [-0.4, -0.2) is 37.1 Å². The van der Waals surface area contributed by atoms with Gasteiger partial charge in [0.05, 0.1) is 13.7 Å². The molecule has 142 valence electrons. The van der Waals surface area contributed by atoms with E-state index in [4.69, 9.17) is 0 Å². The van der Waals surface area contributed by atoms with Crippen molar-refractivity contribution in [2.75, 3.05) is 20.2 Å². The van der Waals surface area contributed by atoms with Crippen LogP contribution < -0.4 is 10.6 Å². The maximum Gasteiger partial charge on any atom is 0.434 e. The third-order valence-corrected chi connectivity index (χ3v) is 3.97. The summed E-state index contributed by atoms with van der Waals surface area (Å²) in [4.78, 5) is 18.8. The van der Waals surface area contributed by atoms with Crippen LogP contribution >= 0.6 is 11.3 Å².